The molecule has 0 atom stereocenters. The molecule has 2 aromatic heterocycles. The summed E-state index contributed by atoms with van der Waals surface area (Å²) in [6.07, 6.45) is 6.49. The van der Waals surface area contributed by atoms with Crippen LogP contribution in [-0.4, -0.2) is 15.0 Å². The summed E-state index contributed by atoms with van der Waals surface area (Å²) in [5, 5.41) is 0. The minimum Gasteiger partial charge on any atom is -0.340 e. The smallest absolute Gasteiger partial charge is 0.177 e. The van der Waals surface area contributed by atoms with Gasteiger partial charge in [-0.1, -0.05) is 26.2 Å². The quantitative estimate of drug-likeness (QED) is 0.813. The number of aromatic nitrogens is 3. The third-order valence-electron chi connectivity index (χ3n) is 4.01. The lowest BCUT2D eigenvalue weighted by Gasteiger charge is -2.31. The van der Waals surface area contributed by atoms with E-state index in [2.05, 4.69) is 23.0 Å². The first-order valence-corrected chi connectivity index (χ1v) is 6.51. The van der Waals surface area contributed by atoms with Crippen molar-refractivity contribution < 1.29 is 0 Å². The van der Waals surface area contributed by atoms with Gasteiger partial charge in [0.1, 0.15) is 5.82 Å². The van der Waals surface area contributed by atoms with Crippen molar-refractivity contribution in [3.05, 3.63) is 23.7 Å². The zero-order valence-corrected chi connectivity index (χ0v) is 10.6. The largest absolute Gasteiger partial charge is 0.340 e. The van der Waals surface area contributed by atoms with Crippen molar-refractivity contribution in [2.45, 2.75) is 51.4 Å². The van der Waals surface area contributed by atoms with Gasteiger partial charge in [-0.25, -0.2) is 9.97 Å². The van der Waals surface area contributed by atoms with Gasteiger partial charge < -0.3 is 4.98 Å². The summed E-state index contributed by atoms with van der Waals surface area (Å²) < 4.78 is 0. The second kappa shape index (κ2) is 3.83. The van der Waals surface area contributed by atoms with Crippen LogP contribution in [-0.2, 0) is 5.41 Å². The van der Waals surface area contributed by atoms with Gasteiger partial charge in [-0.3, -0.25) is 0 Å². The second-order valence-corrected chi connectivity index (χ2v) is 5.53. The van der Waals surface area contributed by atoms with Gasteiger partial charge in [-0.2, -0.15) is 0 Å². The molecule has 1 saturated carbocycles. The maximum Gasteiger partial charge on any atom is 0.177 e. The molecule has 3 heteroatoms. The molecule has 1 fully saturated rings. The number of nitrogens with zero attached hydrogens (tertiary/aromatic N) is 2. The summed E-state index contributed by atoms with van der Waals surface area (Å²) in [7, 11) is 0. The standard InChI is InChI=1S/C14H19N3/c1-10-6-7-11-12(15-10)17-13(16-11)14(2)8-4-3-5-9-14/h6-7H,3-5,8-9H2,1-2H3,(H,15,16,17). The van der Waals surface area contributed by atoms with Crippen molar-refractivity contribution in [3.8, 4) is 0 Å². The van der Waals surface area contributed by atoms with Gasteiger partial charge in [0.2, 0.25) is 0 Å². The van der Waals surface area contributed by atoms with Gasteiger partial charge >= 0.3 is 0 Å². The topological polar surface area (TPSA) is 41.6 Å². The monoisotopic (exact) mass is 229 g/mol. The fraction of sp³-hybridized carbons (Fsp3) is 0.571. The summed E-state index contributed by atoms with van der Waals surface area (Å²) in [5.74, 6) is 1.13. The highest BCUT2D eigenvalue weighted by Crippen LogP contribution is 2.37. The molecule has 0 bridgehead atoms. The van der Waals surface area contributed by atoms with Gasteiger partial charge in [-0.05, 0) is 31.9 Å². The Bertz CT molecular complexity index is 535. The highest BCUT2D eigenvalue weighted by atomic mass is 15.0. The maximum absolute atomic E-state index is 4.70. The van der Waals surface area contributed by atoms with Gasteiger partial charge in [0.15, 0.2) is 5.65 Å². The molecule has 0 unspecified atom stereocenters. The Morgan fingerprint density at radius 1 is 1.12 bits per heavy atom. The van der Waals surface area contributed by atoms with Crippen molar-refractivity contribution in [3.63, 3.8) is 0 Å². The molecule has 0 aliphatic heterocycles. The van der Waals surface area contributed by atoms with Gasteiger partial charge in [0.05, 0.1) is 5.52 Å². The molecule has 1 N–H and O–H groups in total. The lowest BCUT2D eigenvalue weighted by Crippen LogP contribution is -2.26. The Morgan fingerprint density at radius 2 is 1.88 bits per heavy atom. The number of H-pyrrole nitrogens is 1. The average Bonchev–Trinajstić information content (AvgIpc) is 2.73. The lowest BCUT2D eigenvalue weighted by molar-refractivity contribution is 0.306. The van der Waals surface area contributed by atoms with E-state index < -0.39 is 0 Å². The molecule has 0 radical (unpaired) electrons. The molecule has 0 aromatic carbocycles. The van der Waals surface area contributed by atoms with Crippen LogP contribution >= 0.6 is 0 Å². The predicted molar refractivity (Wildman–Crippen MR) is 69.1 cm³/mol. The van der Waals surface area contributed by atoms with Crippen molar-refractivity contribution in [1.29, 1.82) is 0 Å². The van der Waals surface area contributed by atoms with Gasteiger partial charge in [0, 0.05) is 11.1 Å². The van der Waals surface area contributed by atoms with E-state index in [0.29, 0.717) is 0 Å². The van der Waals surface area contributed by atoms with E-state index in [4.69, 9.17) is 4.98 Å². The molecular weight excluding hydrogens is 210 g/mol. The second-order valence-electron chi connectivity index (χ2n) is 5.53. The van der Waals surface area contributed by atoms with Crippen LogP contribution in [0.1, 0.15) is 50.5 Å². The summed E-state index contributed by atoms with van der Waals surface area (Å²) in [4.78, 5) is 12.6. The van der Waals surface area contributed by atoms with E-state index in [1.165, 1.54) is 32.1 Å². The van der Waals surface area contributed by atoms with Crippen LogP contribution in [0.25, 0.3) is 11.2 Å². The number of fused-ring (bicyclic) bond motifs is 1. The van der Waals surface area contributed by atoms with E-state index in [-0.39, 0.29) is 5.41 Å². The number of hydrogen-bond acceptors (Lipinski definition) is 2. The van der Waals surface area contributed by atoms with Crippen molar-refractivity contribution >= 4 is 11.2 Å². The van der Waals surface area contributed by atoms with Gasteiger partial charge in [0.25, 0.3) is 0 Å². The minimum atomic E-state index is 0.229. The van der Waals surface area contributed by atoms with Crippen LogP contribution in [0.5, 0.6) is 0 Å². The first-order chi connectivity index (χ1) is 8.17. The zero-order valence-electron chi connectivity index (χ0n) is 10.6. The normalized spacial score (nSPS) is 19.6. The SMILES string of the molecule is Cc1ccc2[nH]c(C3(C)CCCCC3)nc2n1. The molecule has 0 spiro atoms. The van der Waals surface area contributed by atoms with E-state index >= 15 is 0 Å². The number of nitrogens with one attached hydrogen (secondary N) is 1. The number of rotatable bonds is 1. The molecule has 3 rings (SSSR count). The van der Waals surface area contributed by atoms with Crippen LogP contribution in [0.2, 0.25) is 0 Å². The highest BCUT2D eigenvalue weighted by Gasteiger charge is 2.31. The fourth-order valence-electron chi connectivity index (χ4n) is 2.84. The summed E-state index contributed by atoms with van der Waals surface area (Å²) >= 11 is 0. The number of pyridine rings is 1. The van der Waals surface area contributed by atoms with Crippen LogP contribution in [0.4, 0.5) is 0 Å². The Hall–Kier alpha value is -1.38. The van der Waals surface area contributed by atoms with Crippen molar-refractivity contribution in [2.24, 2.45) is 0 Å². The van der Waals surface area contributed by atoms with E-state index in [0.717, 1.165) is 22.7 Å². The number of aryl methyl sites for hydroxylation is 1. The Morgan fingerprint density at radius 3 is 2.65 bits per heavy atom. The summed E-state index contributed by atoms with van der Waals surface area (Å²) in [5.41, 5.74) is 3.20. The van der Waals surface area contributed by atoms with Crippen LogP contribution in [0.15, 0.2) is 12.1 Å². The van der Waals surface area contributed by atoms with Crippen LogP contribution in [0, 0.1) is 6.92 Å². The molecular formula is C14H19N3. The molecule has 2 aromatic rings. The first-order valence-electron chi connectivity index (χ1n) is 6.51. The molecule has 17 heavy (non-hydrogen) atoms. The van der Waals surface area contributed by atoms with Crippen LogP contribution in [0.3, 0.4) is 0 Å². The Balaban J connectivity index is 2.05. The molecule has 0 amide bonds. The first kappa shape index (κ1) is 10.8. The highest BCUT2D eigenvalue weighted by molar-refractivity contribution is 5.70. The zero-order chi connectivity index (χ0) is 11.9. The molecule has 90 valence electrons. The fourth-order valence-corrected chi connectivity index (χ4v) is 2.84. The maximum atomic E-state index is 4.70. The van der Waals surface area contributed by atoms with Crippen LogP contribution < -0.4 is 0 Å². The third kappa shape index (κ3) is 1.84. The van der Waals surface area contributed by atoms with E-state index in [1.807, 2.05) is 13.0 Å². The van der Waals surface area contributed by atoms with Crippen molar-refractivity contribution in [1.82, 2.24) is 15.0 Å². The summed E-state index contributed by atoms with van der Waals surface area (Å²) in [6.45, 7) is 4.34. The van der Waals surface area contributed by atoms with Crippen molar-refractivity contribution in [2.75, 3.05) is 0 Å². The predicted octanol–water partition coefficient (Wildman–Crippen LogP) is 3.49. The lowest BCUT2D eigenvalue weighted by atomic mass is 9.75. The molecule has 2 heterocycles. The van der Waals surface area contributed by atoms with E-state index in [1.54, 1.807) is 0 Å². The Labute approximate surface area is 102 Å². The molecule has 3 nitrogen and oxygen atoms in total. The minimum absolute atomic E-state index is 0.229. The molecule has 1 aliphatic carbocycles. The number of imidazole rings is 1. The summed E-state index contributed by atoms with van der Waals surface area (Å²) in [6, 6.07) is 4.12. The molecule has 1 aliphatic rings. The Kier molecular flexibility index (Phi) is 2.42. The molecule has 0 saturated heterocycles. The number of aromatic amines is 1. The number of hydrogen-bond donors (Lipinski definition) is 1. The van der Waals surface area contributed by atoms with Gasteiger partial charge in [-0.15, -0.1) is 0 Å². The average molecular weight is 229 g/mol. The van der Waals surface area contributed by atoms with E-state index in [9.17, 15) is 0 Å². The third-order valence-corrected chi connectivity index (χ3v) is 4.01.